The summed E-state index contributed by atoms with van der Waals surface area (Å²) in [6, 6.07) is -3.97. The van der Waals surface area contributed by atoms with E-state index in [0.29, 0.717) is 38.8 Å². The number of thiol groups is 1. The van der Waals surface area contributed by atoms with Crippen molar-refractivity contribution in [1.29, 1.82) is 0 Å². The molecule has 0 aromatic carbocycles. The zero-order valence-electron chi connectivity index (χ0n) is 18.0. The monoisotopic (exact) mass is 474 g/mol. The van der Waals surface area contributed by atoms with Crippen molar-refractivity contribution in [3.05, 3.63) is 0 Å². The van der Waals surface area contributed by atoms with E-state index in [1.54, 1.807) is 0 Å². The van der Waals surface area contributed by atoms with Crippen molar-refractivity contribution in [2.75, 3.05) is 18.8 Å². The minimum absolute atomic E-state index is 0.0448. The number of nitrogens with two attached hydrogens (primary N) is 3. The molecule has 1 saturated heterocycles. The molecule has 4 atom stereocenters. The fourth-order valence-electron chi connectivity index (χ4n) is 3.42. The van der Waals surface area contributed by atoms with Gasteiger partial charge in [0.2, 0.25) is 23.6 Å². The van der Waals surface area contributed by atoms with E-state index in [1.165, 1.54) is 4.90 Å². The number of rotatable bonds is 14. The fourth-order valence-corrected chi connectivity index (χ4v) is 3.67. The van der Waals surface area contributed by atoms with Gasteiger partial charge in [-0.05, 0) is 45.1 Å². The Labute approximate surface area is 192 Å². The lowest BCUT2D eigenvalue weighted by Gasteiger charge is -2.28. The van der Waals surface area contributed by atoms with Gasteiger partial charge in [0, 0.05) is 18.7 Å². The molecule has 0 aliphatic carbocycles. The van der Waals surface area contributed by atoms with Gasteiger partial charge in [-0.15, -0.1) is 0 Å². The molecule has 4 amide bonds. The number of carbonyl (C=O) groups excluding carboxylic acids is 4. The Morgan fingerprint density at radius 1 is 1.09 bits per heavy atom. The summed E-state index contributed by atoms with van der Waals surface area (Å²) < 4.78 is 0. The van der Waals surface area contributed by atoms with Crippen LogP contribution in [0.15, 0.2) is 0 Å². The summed E-state index contributed by atoms with van der Waals surface area (Å²) in [5, 5.41) is 14.2. The number of aliphatic carboxylic acids is 1. The van der Waals surface area contributed by atoms with Gasteiger partial charge in [-0.25, -0.2) is 4.79 Å². The lowest BCUT2D eigenvalue weighted by atomic mass is 10.1. The molecule has 0 saturated carbocycles. The van der Waals surface area contributed by atoms with Crippen molar-refractivity contribution >= 4 is 42.2 Å². The number of nitrogens with zero attached hydrogens (tertiary/aromatic N) is 1. The highest BCUT2D eigenvalue weighted by atomic mass is 32.1. The predicted octanol–water partition coefficient (Wildman–Crippen LogP) is -2.32. The Morgan fingerprint density at radius 2 is 1.78 bits per heavy atom. The number of likely N-dealkylation sites (tertiary alicyclic amines) is 1. The number of carboxylic acid groups (broad SMARTS) is 1. The molecule has 1 fully saturated rings. The van der Waals surface area contributed by atoms with Crippen molar-refractivity contribution in [3.63, 3.8) is 0 Å². The summed E-state index contributed by atoms with van der Waals surface area (Å²) in [5.41, 5.74) is 16.5. The van der Waals surface area contributed by atoms with E-state index in [1.807, 2.05) is 0 Å². The smallest absolute Gasteiger partial charge is 0.327 e. The number of unbranched alkanes of at least 4 members (excludes halogenated alkanes) is 1. The highest BCUT2D eigenvalue weighted by Crippen LogP contribution is 2.19. The molecule has 1 aliphatic heterocycles. The van der Waals surface area contributed by atoms with Crippen LogP contribution in [-0.2, 0) is 24.0 Å². The minimum Gasteiger partial charge on any atom is -0.480 e. The number of nitrogens with one attached hydrogen (secondary N) is 2. The van der Waals surface area contributed by atoms with Crippen LogP contribution in [0.5, 0.6) is 0 Å². The Hall–Kier alpha value is -2.38. The summed E-state index contributed by atoms with van der Waals surface area (Å²) in [4.78, 5) is 61.7. The number of carboxylic acids is 1. The van der Waals surface area contributed by atoms with Gasteiger partial charge in [0.1, 0.15) is 18.1 Å². The number of amides is 4. The van der Waals surface area contributed by atoms with Crippen LogP contribution in [0, 0.1) is 0 Å². The third-order valence-corrected chi connectivity index (χ3v) is 5.60. The maximum atomic E-state index is 12.9. The minimum atomic E-state index is -1.24. The predicted molar refractivity (Wildman–Crippen MR) is 119 cm³/mol. The molecular weight excluding hydrogens is 440 g/mol. The molecule has 0 bridgehead atoms. The fraction of sp³-hybridized carbons (Fsp3) is 0.737. The summed E-state index contributed by atoms with van der Waals surface area (Å²) in [7, 11) is 0. The van der Waals surface area contributed by atoms with Crippen molar-refractivity contribution in [1.82, 2.24) is 15.5 Å². The van der Waals surface area contributed by atoms with Crippen molar-refractivity contribution in [2.24, 2.45) is 17.2 Å². The molecule has 0 radical (unpaired) electrons. The standard InChI is InChI=1S/C19H34N6O6S/c20-8-2-1-4-12(16(27)24-13(10-32)19(30)31)23-17(28)14-5-3-9-25(14)18(29)11(21)6-7-15(22)26/h11-14,32H,1-10,20-21H2,(H2,22,26)(H,23,28)(H,24,27)(H,30,31). The van der Waals surface area contributed by atoms with Crippen LogP contribution in [0.4, 0.5) is 0 Å². The van der Waals surface area contributed by atoms with Crippen LogP contribution < -0.4 is 27.8 Å². The second kappa shape index (κ2) is 13.9. The Balaban J connectivity index is 2.85. The Kier molecular flexibility index (Phi) is 12.0. The van der Waals surface area contributed by atoms with E-state index in [0.717, 1.165) is 0 Å². The van der Waals surface area contributed by atoms with E-state index in [4.69, 9.17) is 22.3 Å². The topological polar surface area (TPSA) is 211 Å². The third kappa shape index (κ3) is 8.63. The Morgan fingerprint density at radius 3 is 2.34 bits per heavy atom. The lowest BCUT2D eigenvalue weighted by Crippen LogP contribution is -2.56. The molecule has 12 nitrogen and oxygen atoms in total. The average Bonchev–Trinajstić information content (AvgIpc) is 3.24. The van der Waals surface area contributed by atoms with E-state index < -0.39 is 53.8 Å². The van der Waals surface area contributed by atoms with Gasteiger partial charge < -0.3 is 37.8 Å². The zero-order chi connectivity index (χ0) is 24.3. The number of carbonyl (C=O) groups is 5. The highest BCUT2D eigenvalue weighted by molar-refractivity contribution is 7.80. The van der Waals surface area contributed by atoms with Gasteiger partial charge in [0.25, 0.3) is 0 Å². The molecule has 4 unspecified atom stereocenters. The molecule has 0 aromatic rings. The zero-order valence-corrected chi connectivity index (χ0v) is 18.9. The maximum Gasteiger partial charge on any atom is 0.327 e. The molecule has 1 aliphatic rings. The van der Waals surface area contributed by atoms with Crippen LogP contribution in [0.25, 0.3) is 0 Å². The second-order valence-corrected chi connectivity index (χ2v) is 8.09. The van der Waals surface area contributed by atoms with E-state index in [-0.39, 0.29) is 25.0 Å². The summed E-state index contributed by atoms with van der Waals surface area (Å²) in [6.07, 6.45) is 2.42. The van der Waals surface area contributed by atoms with Crippen LogP contribution in [0.3, 0.4) is 0 Å². The molecule has 9 N–H and O–H groups in total. The van der Waals surface area contributed by atoms with Gasteiger partial charge >= 0.3 is 5.97 Å². The largest absolute Gasteiger partial charge is 0.480 e. The highest BCUT2D eigenvalue weighted by Gasteiger charge is 2.37. The normalized spacial score (nSPS) is 18.5. The van der Waals surface area contributed by atoms with E-state index in [9.17, 15) is 24.0 Å². The van der Waals surface area contributed by atoms with Crippen LogP contribution >= 0.6 is 12.6 Å². The molecule has 1 rings (SSSR count). The van der Waals surface area contributed by atoms with Crippen LogP contribution in [0.1, 0.15) is 44.9 Å². The first kappa shape index (κ1) is 27.7. The SMILES string of the molecule is NCCCCC(NC(=O)C1CCCN1C(=O)C(N)CCC(N)=O)C(=O)NC(CS)C(=O)O. The summed E-state index contributed by atoms with van der Waals surface area (Å²) >= 11 is 3.92. The first-order chi connectivity index (χ1) is 15.1. The number of hydrogen-bond acceptors (Lipinski definition) is 8. The van der Waals surface area contributed by atoms with Gasteiger partial charge in [0.15, 0.2) is 0 Å². The molecule has 0 aromatic heterocycles. The summed E-state index contributed by atoms with van der Waals surface area (Å²) in [6.45, 7) is 0.733. The van der Waals surface area contributed by atoms with Crippen LogP contribution in [0.2, 0.25) is 0 Å². The first-order valence-corrected chi connectivity index (χ1v) is 11.2. The molecule has 1 heterocycles. The summed E-state index contributed by atoms with van der Waals surface area (Å²) in [5.74, 6) is -3.56. The van der Waals surface area contributed by atoms with Crippen molar-refractivity contribution in [2.45, 2.75) is 69.1 Å². The van der Waals surface area contributed by atoms with E-state index in [2.05, 4.69) is 23.3 Å². The van der Waals surface area contributed by atoms with Gasteiger partial charge in [-0.1, -0.05) is 0 Å². The molecular formula is C19H34N6O6S. The maximum absolute atomic E-state index is 12.9. The first-order valence-electron chi connectivity index (χ1n) is 10.6. The Bertz CT molecular complexity index is 693. The molecule has 32 heavy (non-hydrogen) atoms. The van der Waals surface area contributed by atoms with Crippen LogP contribution in [-0.4, -0.2) is 82.6 Å². The lowest BCUT2D eigenvalue weighted by molar-refractivity contribution is -0.142. The van der Waals surface area contributed by atoms with E-state index >= 15 is 0 Å². The van der Waals surface area contributed by atoms with Crippen molar-refractivity contribution in [3.8, 4) is 0 Å². The average molecular weight is 475 g/mol. The van der Waals surface area contributed by atoms with Gasteiger partial charge in [0.05, 0.1) is 6.04 Å². The van der Waals surface area contributed by atoms with Gasteiger partial charge in [-0.3, -0.25) is 19.2 Å². The third-order valence-electron chi connectivity index (χ3n) is 5.23. The number of primary amides is 1. The van der Waals surface area contributed by atoms with Gasteiger partial charge in [-0.2, -0.15) is 12.6 Å². The molecule has 13 heteroatoms. The second-order valence-electron chi connectivity index (χ2n) is 7.73. The molecule has 182 valence electrons. The molecule has 0 spiro atoms. The quantitative estimate of drug-likeness (QED) is 0.107. The number of hydrogen-bond donors (Lipinski definition) is 7. The van der Waals surface area contributed by atoms with Crippen molar-refractivity contribution < 1.29 is 29.1 Å².